The lowest BCUT2D eigenvalue weighted by molar-refractivity contribution is 0.0996. The van der Waals surface area contributed by atoms with Crippen molar-refractivity contribution in [1.29, 1.82) is 0 Å². The molecule has 1 aromatic carbocycles. The smallest absolute Gasteiger partial charge is 0.178 e. The highest BCUT2D eigenvalue weighted by molar-refractivity contribution is 9.10. The molecule has 94 valence electrons. The Morgan fingerprint density at radius 2 is 2.22 bits per heavy atom. The third-order valence-corrected chi connectivity index (χ3v) is 4.74. The van der Waals surface area contributed by atoms with Crippen LogP contribution in [0.1, 0.15) is 20.8 Å². The van der Waals surface area contributed by atoms with E-state index >= 15 is 0 Å². The van der Waals surface area contributed by atoms with Crippen LogP contribution >= 0.6 is 38.9 Å². The van der Waals surface area contributed by atoms with Crippen molar-refractivity contribution in [3.05, 3.63) is 54.9 Å². The summed E-state index contributed by atoms with van der Waals surface area (Å²) in [7, 11) is 0. The lowest BCUT2D eigenvalue weighted by Crippen LogP contribution is -2.04. The molecule has 2 aromatic rings. The molecule has 0 saturated carbocycles. The molecule has 0 amide bonds. The van der Waals surface area contributed by atoms with Crippen molar-refractivity contribution in [1.82, 2.24) is 0 Å². The first-order valence-electron chi connectivity index (χ1n) is 5.19. The standard InChI is InChI=1S/C13H9BrClFOS/c1-7-6-18-13(12(7)15)11(17)5-8-4-9(14)2-3-10(8)16/h2-4,6H,5H2,1H3. The van der Waals surface area contributed by atoms with E-state index in [1.807, 2.05) is 12.3 Å². The average Bonchev–Trinajstić information content (AvgIpc) is 2.65. The van der Waals surface area contributed by atoms with E-state index in [0.717, 1.165) is 10.0 Å². The van der Waals surface area contributed by atoms with Crippen LogP contribution in [0.4, 0.5) is 4.39 Å². The third-order valence-electron chi connectivity index (χ3n) is 2.51. The Balaban J connectivity index is 2.27. The molecule has 0 fully saturated rings. The first kappa shape index (κ1) is 13.7. The van der Waals surface area contributed by atoms with Crippen molar-refractivity contribution in [2.45, 2.75) is 13.3 Å². The van der Waals surface area contributed by atoms with Crippen molar-refractivity contribution in [2.75, 3.05) is 0 Å². The van der Waals surface area contributed by atoms with Gasteiger partial charge in [-0.15, -0.1) is 11.3 Å². The quantitative estimate of drug-likeness (QED) is 0.711. The number of hydrogen-bond acceptors (Lipinski definition) is 2. The second-order valence-electron chi connectivity index (χ2n) is 3.90. The number of ketones is 1. The van der Waals surface area contributed by atoms with Gasteiger partial charge in [0.05, 0.1) is 9.90 Å². The Labute approximate surface area is 122 Å². The SMILES string of the molecule is Cc1csc(C(=O)Cc2cc(Br)ccc2F)c1Cl. The molecule has 0 bridgehead atoms. The van der Waals surface area contributed by atoms with Gasteiger partial charge in [0.2, 0.25) is 0 Å². The van der Waals surface area contributed by atoms with E-state index in [0.29, 0.717) is 15.5 Å². The molecule has 0 atom stereocenters. The normalized spacial score (nSPS) is 10.7. The van der Waals surface area contributed by atoms with Gasteiger partial charge in [0.1, 0.15) is 5.82 Å². The van der Waals surface area contributed by atoms with Gasteiger partial charge in [-0.05, 0) is 41.6 Å². The highest BCUT2D eigenvalue weighted by Gasteiger charge is 2.16. The molecule has 0 aliphatic heterocycles. The fraction of sp³-hybridized carbons (Fsp3) is 0.154. The predicted molar refractivity (Wildman–Crippen MR) is 76.2 cm³/mol. The van der Waals surface area contributed by atoms with Gasteiger partial charge in [-0.25, -0.2) is 4.39 Å². The summed E-state index contributed by atoms with van der Waals surface area (Å²) in [5, 5.41) is 2.30. The Kier molecular flexibility index (Phi) is 4.20. The van der Waals surface area contributed by atoms with Gasteiger partial charge in [-0.2, -0.15) is 0 Å². The monoisotopic (exact) mass is 346 g/mol. The van der Waals surface area contributed by atoms with Crippen LogP contribution < -0.4 is 0 Å². The summed E-state index contributed by atoms with van der Waals surface area (Å²) >= 11 is 10.6. The van der Waals surface area contributed by atoms with Gasteiger partial charge in [-0.3, -0.25) is 4.79 Å². The molecule has 5 heteroatoms. The van der Waals surface area contributed by atoms with Crippen LogP contribution in [0, 0.1) is 12.7 Å². The maximum atomic E-state index is 13.5. The van der Waals surface area contributed by atoms with Crippen molar-refractivity contribution in [3.63, 3.8) is 0 Å². The number of aryl methyl sites for hydroxylation is 1. The van der Waals surface area contributed by atoms with Crippen molar-refractivity contribution >= 4 is 44.7 Å². The van der Waals surface area contributed by atoms with E-state index in [2.05, 4.69) is 15.9 Å². The summed E-state index contributed by atoms with van der Waals surface area (Å²) in [5.41, 5.74) is 1.25. The summed E-state index contributed by atoms with van der Waals surface area (Å²) in [5.74, 6) is -0.536. The van der Waals surface area contributed by atoms with Gasteiger partial charge < -0.3 is 0 Å². The van der Waals surface area contributed by atoms with Crippen LogP contribution in [0.5, 0.6) is 0 Å². The first-order chi connectivity index (χ1) is 8.49. The second kappa shape index (κ2) is 5.51. The Hall–Kier alpha value is -0.710. The minimum Gasteiger partial charge on any atom is -0.293 e. The van der Waals surface area contributed by atoms with E-state index in [4.69, 9.17) is 11.6 Å². The summed E-state index contributed by atoms with van der Waals surface area (Å²) in [4.78, 5) is 12.5. The van der Waals surface area contributed by atoms with E-state index < -0.39 is 0 Å². The molecule has 2 rings (SSSR count). The molecule has 0 N–H and O–H groups in total. The largest absolute Gasteiger partial charge is 0.293 e. The molecule has 0 saturated heterocycles. The van der Waals surface area contributed by atoms with Crippen LogP contribution in [0.3, 0.4) is 0 Å². The fourth-order valence-electron chi connectivity index (χ4n) is 1.55. The zero-order valence-corrected chi connectivity index (χ0v) is 12.6. The van der Waals surface area contributed by atoms with Gasteiger partial charge >= 0.3 is 0 Å². The Morgan fingerprint density at radius 3 is 2.83 bits per heavy atom. The third kappa shape index (κ3) is 2.82. The van der Waals surface area contributed by atoms with Crippen molar-refractivity contribution in [2.24, 2.45) is 0 Å². The number of Topliss-reactive ketones (excluding diaryl/α,β-unsaturated/α-hetero) is 1. The van der Waals surface area contributed by atoms with Crippen molar-refractivity contribution in [3.8, 4) is 0 Å². The number of halogens is 3. The number of hydrogen-bond donors (Lipinski definition) is 0. The second-order valence-corrected chi connectivity index (χ2v) is 6.07. The van der Waals surface area contributed by atoms with Crippen LogP contribution in [-0.2, 0) is 6.42 Å². The van der Waals surface area contributed by atoms with E-state index in [1.165, 1.54) is 17.4 Å². The molecule has 1 heterocycles. The zero-order chi connectivity index (χ0) is 13.3. The van der Waals surface area contributed by atoms with Crippen LogP contribution in [-0.4, -0.2) is 5.78 Å². The van der Waals surface area contributed by atoms with Crippen LogP contribution in [0.2, 0.25) is 5.02 Å². The lowest BCUT2D eigenvalue weighted by atomic mass is 10.1. The van der Waals surface area contributed by atoms with Crippen LogP contribution in [0.25, 0.3) is 0 Å². The maximum absolute atomic E-state index is 13.5. The van der Waals surface area contributed by atoms with E-state index in [1.54, 1.807) is 12.1 Å². The Bertz CT molecular complexity index is 609. The molecular weight excluding hydrogens is 339 g/mol. The Morgan fingerprint density at radius 1 is 1.50 bits per heavy atom. The molecule has 18 heavy (non-hydrogen) atoms. The maximum Gasteiger partial charge on any atom is 0.178 e. The summed E-state index contributed by atoms with van der Waals surface area (Å²) in [6.45, 7) is 1.84. The molecule has 0 aliphatic rings. The zero-order valence-electron chi connectivity index (χ0n) is 9.47. The highest BCUT2D eigenvalue weighted by atomic mass is 79.9. The molecule has 0 spiro atoms. The van der Waals surface area contributed by atoms with Crippen molar-refractivity contribution < 1.29 is 9.18 Å². The van der Waals surface area contributed by atoms with Gasteiger partial charge in [0.25, 0.3) is 0 Å². The first-order valence-corrected chi connectivity index (χ1v) is 7.25. The average molecular weight is 348 g/mol. The highest BCUT2D eigenvalue weighted by Crippen LogP contribution is 2.29. The van der Waals surface area contributed by atoms with Gasteiger partial charge in [0.15, 0.2) is 5.78 Å². The van der Waals surface area contributed by atoms with Crippen LogP contribution in [0.15, 0.2) is 28.1 Å². The van der Waals surface area contributed by atoms with E-state index in [-0.39, 0.29) is 18.0 Å². The predicted octanol–water partition coefficient (Wildman–Crippen LogP) is 5.04. The number of carbonyl (C=O) groups is 1. The molecule has 1 nitrogen and oxygen atoms in total. The van der Waals surface area contributed by atoms with E-state index in [9.17, 15) is 9.18 Å². The molecule has 0 unspecified atom stereocenters. The summed E-state index contributed by atoms with van der Waals surface area (Å²) in [6.07, 6.45) is 0.0188. The fourth-order valence-corrected chi connectivity index (χ4v) is 3.20. The minimum atomic E-state index is -0.379. The summed E-state index contributed by atoms with van der Waals surface area (Å²) in [6, 6.07) is 4.56. The molecule has 0 radical (unpaired) electrons. The minimum absolute atomic E-state index is 0.0188. The molecule has 0 aliphatic carbocycles. The lowest BCUT2D eigenvalue weighted by Gasteiger charge is -2.03. The van der Waals surface area contributed by atoms with Gasteiger partial charge in [0, 0.05) is 10.9 Å². The van der Waals surface area contributed by atoms with Gasteiger partial charge in [-0.1, -0.05) is 27.5 Å². The summed E-state index contributed by atoms with van der Waals surface area (Å²) < 4.78 is 14.3. The number of carbonyl (C=O) groups excluding carboxylic acids is 1. The number of benzene rings is 1. The molecule has 1 aromatic heterocycles. The number of rotatable bonds is 3. The molecular formula is C13H9BrClFOS. The topological polar surface area (TPSA) is 17.1 Å². The number of thiophene rings is 1.